The molecular formula is C17H26N2O. The van der Waals surface area contributed by atoms with Crippen LogP contribution in [-0.4, -0.2) is 19.0 Å². The van der Waals surface area contributed by atoms with Crippen LogP contribution in [0.5, 0.6) is 0 Å². The first-order valence-corrected chi connectivity index (χ1v) is 7.81. The molecule has 1 aromatic rings. The Balaban J connectivity index is 1.60. The summed E-state index contributed by atoms with van der Waals surface area (Å²) in [7, 11) is 0. The fraction of sp³-hybridized carbons (Fsp3) is 0.588. The molecular weight excluding hydrogens is 248 g/mol. The van der Waals surface area contributed by atoms with Crippen molar-refractivity contribution in [3.8, 4) is 0 Å². The standard InChI is InChI=1S/C17H26N2O/c1-14-6-5-9-16(12-14)19-17(20)13-18-11-10-15-7-3-2-4-8-15/h5-6,9,12,15,18H,2-4,7-8,10-11,13H2,1H3,(H,19,20). The van der Waals surface area contributed by atoms with Crippen LogP contribution < -0.4 is 10.6 Å². The molecule has 1 fully saturated rings. The van der Waals surface area contributed by atoms with Crippen LogP contribution in [0.25, 0.3) is 0 Å². The highest BCUT2D eigenvalue weighted by molar-refractivity contribution is 5.92. The number of benzene rings is 1. The normalized spacial score (nSPS) is 16.1. The molecule has 1 aliphatic carbocycles. The van der Waals surface area contributed by atoms with E-state index in [1.165, 1.54) is 38.5 Å². The van der Waals surface area contributed by atoms with E-state index in [1.807, 2.05) is 31.2 Å². The minimum atomic E-state index is 0.0410. The molecule has 1 aromatic carbocycles. The summed E-state index contributed by atoms with van der Waals surface area (Å²) in [5.41, 5.74) is 2.04. The molecule has 0 bridgehead atoms. The van der Waals surface area contributed by atoms with Gasteiger partial charge in [-0.25, -0.2) is 0 Å². The van der Waals surface area contributed by atoms with Gasteiger partial charge in [0.1, 0.15) is 0 Å². The summed E-state index contributed by atoms with van der Waals surface area (Å²) in [5.74, 6) is 0.912. The third kappa shape index (κ3) is 5.33. The van der Waals surface area contributed by atoms with Gasteiger partial charge >= 0.3 is 0 Å². The molecule has 20 heavy (non-hydrogen) atoms. The lowest BCUT2D eigenvalue weighted by molar-refractivity contribution is -0.115. The highest BCUT2D eigenvalue weighted by Crippen LogP contribution is 2.25. The van der Waals surface area contributed by atoms with Gasteiger partial charge in [0, 0.05) is 5.69 Å². The molecule has 0 aliphatic heterocycles. The van der Waals surface area contributed by atoms with E-state index in [9.17, 15) is 4.79 Å². The summed E-state index contributed by atoms with van der Waals surface area (Å²) < 4.78 is 0. The first-order valence-electron chi connectivity index (χ1n) is 7.81. The van der Waals surface area contributed by atoms with Gasteiger partial charge in [0.2, 0.25) is 5.91 Å². The van der Waals surface area contributed by atoms with Crippen LogP contribution in [0, 0.1) is 12.8 Å². The van der Waals surface area contributed by atoms with Crippen LogP contribution in [-0.2, 0) is 4.79 Å². The molecule has 0 heterocycles. The molecule has 0 aromatic heterocycles. The number of aryl methyl sites for hydroxylation is 1. The lowest BCUT2D eigenvalue weighted by atomic mass is 9.87. The summed E-state index contributed by atoms with van der Waals surface area (Å²) in [6, 6.07) is 7.90. The molecule has 110 valence electrons. The Morgan fingerprint density at radius 2 is 2.05 bits per heavy atom. The average molecular weight is 274 g/mol. The van der Waals surface area contributed by atoms with E-state index in [-0.39, 0.29) is 5.91 Å². The maximum absolute atomic E-state index is 11.8. The second-order valence-electron chi connectivity index (χ2n) is 5.89. The molecule has 2 rings (SSSR count). The van der Waals surface area contributed by atoms with Crippen molar-refractivity contribution in [2.24, 2.45) is 5.92 Å². The van der Waals surface area contributed by atoms with Crippen molar-refractivity contribution in [2.45, 2.75) is 45.4 Å². The molecule has 0 atom stereocenters. The van der Waals surface area contributed by atoms with Gasteiger partial charge in [-0.2, -0.15) is 0 Å². The third-order valence-electron chi connectivity index (χ3n) is 4.04. The van der Waals surface area contributed by atoms with Gasteiger partial charge in [-0.05, 0) is 43.5 Å². The Morgan fingerprint density at radius 3 is 2.80 bits per heavy atom. The van der Waals surface area contributed by atoms with E-state index in [0.29, 0.717) is 6.54 Å². The summed E-state index contributed by atoms with van der Waals surface area (Å²) in [4.78, 5) is 11.8. The minimum absolute atomic E-state index is 0.0410. The van der Waals surface area contributed by atoms with Crippen LogP contribution in [0.1, 0.15) is 44.1 Å². The highest BCUT2D eigenvalue weighted by Gasteiger charge is 2.12. The zero-order valence-corrected chi connectivity index (χ0v) is 12.5. The zero-order chi connectivity index (χ0) is 14.2. The second kappa shape index (κ2) is 8.05. The van der Waals surface area contributed by atoms with Crippen LogP contribution in [0.2, 0.25) is 0 Å². The van der Waals surface area contributed by atoms with E-state index >= 15 is 0 Å². The highest BCUT2D eigenvalue weighted by atomic mass is 16.1. The van der Waals surface area contributed by atoms with Crippen molar-refractivity contribution in [1.82, 2.24) is 5.32 Å². The summed E-state index contributed by atoms with van der Waals surface area (Å²) in [5, 5.41) is 6.18. The first kappa shape index (κ1) is 15.0. The van der Waals surface area contributed by atoms with Gasteiger partial charge in [-0.15, -0.1) is 0 Å². The van der Waals surface area contributed by atoms with Crippen molar-refractivity contribution in [3.63, 3.8) is 0 Å². The molecule has 1 saturated carbocycles. The molecule has 1 amide bonds. The predicted molar refractivity (Wildman–Crippen MR) is 83.9 cm³/mol. The molecule has 2 N–H and O–H groups in total. The van der Waals surface area contributed by atoms with Gasteiger partial charge in [-0.3, -0.25) is 4.79 Å². The van der Waals surface area contributed by atoms with Crippen molar-refractivity contribution in [2.75, 3.05) is 18.4 Å². The first-order chi connectivity index (χ1) is 9.74. The number of hydrogen-bond acceptors (Lipinski definition) is 2. The SMILES string of the molecule is Cc1cccc(NC(=O)CNCCC2CCCCC2)c1. The number of nitrogens with one attached hydrogen (secondary N) is 2. The van der Waals surface area contributed by atoms with Gasteiger partial charge in [-0.1, -0.05) is 44.2 Å². The molecule has 3 nitrogen and oxygen atoms in total. The van der Waals surface area contributed by atoms with Crippen molar-refractivity contribution >= 4 is 11.6 Å². The largest absolute Gasteiger partial charge is 0.325 e. The Bertz CT molecular complexity index is 425. The van der Waals surface area contributed by atoms with Gasteiger partial charge in [0.25, 0.3) is 0 Å². The number of rotatable bonds is 6. The molecule has 0 unspecified atom stereocenters. The van der Waals surface area contributed by atoms with Gasteiger partial charge in [0.15, 0.2) is 0 Å². The summed E-state index contributed by atoms with van der Waals surface area (Å²) in [6.07, 6.45) is 8.13. The Labute approximate surface area is 122 Å². The van der Waals surface area contributed by atoms with E-state index < -0.39 is 0 Å². The van der Waals surface area contributed by atoms with E-state index in [4.69, 9.17) is 0 Å². The van der Waals surface area contributed by atoms with E-state index in [0.717, 1.165) is 23.7 Å². The summed E-state index contributed by atoms with van der Waals surface area (Å²) in [6.45, 7) is 3.38. The lowest BCUT2D eigenvalue weighted by Crippen LogP contribution is -2.29. The maximum atomic E-state index is 11.8. The summed E-state index contributed by atoms with van der Waals surface area (Å²) >= 11 is 0. The van der Waals surface area contributed by atoms with E-state index in [1.54, 1.807) is 0 Å². The molecule has 3 heteroatoms. The van der Waals surface area contributed by atoms with Crippen LogP contribution in [0.15, 0.2) is 24.3 Å². The zero-order valence-electron chi connectivity index (χ0n) is 12.5. The van der Waals surface area contributed by atoms with Crippen molar-refractivity contribution in [3.05, 3.63) is 29.8 Å². The van der Waals surface area contributed by atoms with Crippen LogP contribution in [0.3, 0.4) is 0 Å². The monoisotopic (exact) mass is 274 g/mol. The average Bonchev–Trinajstić information content (AvgIpc) is 2.45. The Kier molecular flexibility index (Phi) is 6.06. The third-order valence-corrected chi connectivity index (χ3v) is 4.04. The Hall–Kier alpha value is -1.35. The molecule has 0 spiro atoms. The number of carbonyl (C=O) groups excluding carboxylic acids is 1. The molecule has 0 saturated heterocycles. The van der Waals surface area contributed by atoms with Gasteiger partial charge < -0.3 is 10.6 Å². The molecule has 1 aliphatic rings. The van der Waals surface area contributed by atoms with E-state index in [2.05, 4.69) is 10.6 Å². The smallest absolute Gasteiger partial charge is 0.238 e. The minimum Gasteiger partial charge on any atom is -0.325 e. The number of hydrogen-bond donors (Lipinski definition) is 2. The lowest BCUT2D eigenvalue weighted by Gasteiger charge is -2.21. The van der Waals surface area contributed by atoms with Crippen molar-refractivity contribution < 1.29 is 4.79 Å². The topological polar surface area (TPSA) is 41.1 Å². The van der Waals surface area contributed by atoms with Crippen molar-refractivity contribution in [1.29, 1.82) is 0 Å². The number of amides is 1. The fourth-order valence-electron chi connectivity index (χ4n) is 2.91. The Morgan fingerprint density at radius 1 is 1.25 bits per heavy atom. The van der Waals surface area contributed by atoms with Crippen LogP contribution in [0.4, 0.5) is 5.69 Å². The van der Waals surface area contributed by atoms with Crippen LogP contribution >= 0.6 is 0 Å². The number of carbonyl (C=O) groups is 1. The van der Waals surface area contributed by atoms with Gasteiger partial charge in [0.05, 0.1) is 6.54 Å². The quantitative estimate of drug-likeness (QED) is 0.780. The maximum Gasteiger partial charge on any atom is 0.238 e. The second-order valence-corrected chi connectivity index (χ2v) is 5.89. The predicted octanol–water partition coefficient (Wildman–Crippen LogP) is 3.49. The fourth-order valence-corrected chi connectivity index (χ4v) is 2.91. The molecule has 0 radical (unpaired) electrons. The number of anilines is 1.